The van der Waals surface area contributed by atoms with Gasteiger partial charge in [0.2, 0.25) is 5.43 Å². The summed E-state index contributed by atoms with van der Waals surface area (Å²) in [6.07, 6.45) is 0. The molecule has 0 radical (unpaired) electrons. The molecule has 7 nitrogen and oxygen atoms in total. The van der Waals surface area contributed by atoms with Gasteiger partial charge in [0.25, 0.3) is 5.56 Å². The van der Waals surface area contributed by atoms with E-state index in [1.807, 2.05) is 23.3 Å². The van der Waals surface area contributed by atoms with Crippen LogP contribution in [0, 0.1) is 11.7 Å². The molecule has 0 bridgehead atoms. The van der Waals surface area contributed by atoms with Crippen LogP contribution < -0.4 is 26.4 Å². The number of fused-ring (bicyclic) bond motifs is 2. The van der Waals surface area contributed by atoms with Gasteiger partial charge in [-0.2, -0.15) is 0 Å². The van der Waals surface area contributed by atoms with E-state index in [1.165, 1.54) is 6.07 Å². The summed E-state index contributed by atoms with van der Waals surface area (Å²) in [6, 6.07) is 1.10. The molecule has 1 fully saturated rings. The van der Waals surface area contributed by atoms with Crippen molar-refractivity contribution in [3.05, 3.63) is 32.5 Å². The van der Waals surface area contributed by atoms with E-state index in [1.54, 1.807) is 0 Å². The Balaban J connectivity index is 1.92. The molecule has 4 heterocycles. The molecule has 27 heavy (non-hydrogen) atoms. The van der Waals surface area contributed by atoms with E-state index >= 15 is 4.39 Å². The lowest BCUT2D eigenvalue weighted by Gasteiger charge is -2.31. The Morgan fingerprint density at radius 1 is 1.33 bits per heavy atom. The van der Waals surface area contributed by atoms with Crippen molar-refractivity contribution in [2.75, 3.05) is 24.6 Å². The number of pyridine rings is 1. The van der Waals surface area contributed by atoms with Gasteiger partial charge in [-0.15, -0.1) is 0 Å². The summed E-state index contributed by atoms with van der Waals surface area (Å²) in [5.41, 5.74) is 6.13. The second kappa shape index (κ2) is 5.56. The zero-order valence-corrected chi connectivity index (χ0v) is 15.7. The smallest absolute Gasteiger partial charge is 0.271 e. The van der Waals surface area contributed by atoms with E-state index in [-0.39, 0.29) is 28.8 Å². The van der Waals surface area contributed by atoms with Crippen molar-refractivity contribution in [2.45, 2.75) is 25.9 Å². The normalized spacial score (nSPS) is 24.7. The van der Waals surface area contributed by atoms with E-state index in [9.17, 15) is 9.59 Å². The van der Waals surface area contributed by atoms with Gasteiger partial charge in [-0.1, -0.05) is 6.92 Å². The molecule has 3 atom stereocenters. The minimum absolute atomic E-state index is 0.0469. The topological polar surface area (TPSA) is 93.3 Å². The standard InChI is InChI=1S/C18H19FN4O3S/c1-7-4-22(5-11(7)20)14-10(19)3-9-13-16(14)26-6-8(2)23(13)18-12(15(9)24)17(25)21-27-18/h3,7-8,11H,4-6,20H2,1-2H3,(H,21,25). The minimum Gasteiger partial charge on any atom is -0.487 e. The van der Waals surface area contributed by atoms with E-state index in [2.05, 4.69) is 4.37 Å². The largest absolute Gasteiger partial charge is 0.487 e. The Morgan fingerprint density at radius 2 is 2.11 bits per heavy atom. The number of hydrogen-bond acceptors (Lipinski definition) is 6. The third-order valence-corrected chi connectivity index (χ3v) is 6.57. The van der Waals surface area contributed by atoms with E-state index in [0.29, 0.717) is 41.5 Å². The molecule has 0 saturated carbocycles. The number of nitrogens with zero attached hydrogens (tertiary/aromatic N) is 2. The third kappa shape index (κ3) is 2.15. The zero-order valence-electron chi connectivity index (χ0n) is 14.9. The molecule has 0 amide bonds. The van der Waals surface area contributed by atoms with E-state index < -0.39 is 16.8 Å². The van der Waals surface area contributed by atoms with Crippen LogP contribution in [0.3, 0.4) is 0 Å². The average Bonchev–Trinajstić information content (AvgIpc) is 3.16. The summed E-state index contributed by atoms with van der Waals surface area (Å²) in [5, 5.41) is 0.252. The first kappa shape index (κ1) is 16.8. The van der Waals surface area contributed by atoms with Crippen LogP contribution in [0.2, 0.25) is 0 Å². The van der Waals surface area contributed by atoms with E-state index in [0.717, 1.165) is 11.5 Å². The van der Waals surface area contributed by atoms with E-state index in [4.69, 9.17) is 10.5 Å². The zero-order chi connectivity index (χ0) is 19.0. The first-order chi connectivity index (χ1) is 12.9. The molecule has 5 rings (SSSR count). The molecule has 3 aromatic rings. The molecule has 3 unspecified atom stereocenters. The average molecular weight is 390 g/mol. The molecule has 3 N–H and O–H groups in total. The summed E-state index contributed by atoms with van der Waals surface area (Å²) in [6.45, 7) is 5.47. The summed E-state index contributed by atoms with van der Waals surface area (Å²) in [5.74, 6) is 0.0710. The molecule has 2 aliphatic heterocycles. The number of anilines is 1. The number of aromatic nitrogens is 2. The van der Waals surface area contributed by atoms with Gasteiger partial charge in [0.15, 0.2) is 11.6 Å². The third-order valence-electron chi connectivity index (χ3n) is 5.69. The highest BCUT2D eigenvalue weighted by Gasteiger charge is 2.35. The summed E-state index contributed by atoms with van der Waals surface area (Å²) in [4.78, 5) is 27.5. The maximum atomic E-state index is 15.1. The van der Waals surface area contributed by atoms with Gasteiger partial charge in [0.1, 0.15) is 22.5 Å². The minimum atomic E-state index is -0.525. The van der Waals surface area contributed by atoms with Gasteiger partial charge in [-0.3, -0.25) is 14.0 Å². The molecule has 0 aliphatic carbocycles. The Labute approximate surface area is 157 Å². The molecular weight excluding hydrogens is 371 g/mol. The second-order valence-electron chi connectivity index (χ2n) is 7.55. The van der Waals surface area contributed by atoms with Crippen LogP contribution in [-0.2, 0) is 0 Å². The van der Waals surface area contributed by atoms with Crippen molar-refractivity contribution in [1.29, 1.82) is 0 Å². The Morgan fingerprint density at radius 3 is 2.81 bits per heavy atom. The molecular formula is C18H19FN4O3S. The van der Waals surface area contributed by atoms with Crippen molar-refractivity contribution < 1.29 is 9.13 Å². The highest BCUT2D eigenvalue weighted by atomic mass is 32.1. The van der Waals surface area contributed by atoms with Crippen molar-refractivity contribution >= 4 is 38.3 Å². The Hall–Kier alpha value is -2.39. The Kier molecular flexibility index (Phi) is 3.45. The molecule has 2 aromatic heterocycles. The fraction of sp³-hybridized carbons (Fsp3) is 0.444. The number of H-pyrrole nitrogens is 1. The number of nitrogens with two attached hydrogens (primary N) is 1. The van der Waals surface area contributed by atoms with Crippen LogP contribution in [0.25, 0.3) is 21.1 Å². The SMILES string of the molecule is CC1CN(c2c(F)cc3c(=O)c4c(=O)[nH]sc4n4c3c2OCC4C)CC1N. The first-order valence-corrected chi connectivity index (χ1v) is 9.75. The van der Waals surface area contributed by atoms with Crippen molar-refractivity contribution in [3.63, 3.8) is 0 Å². The molecule has 9 heteroatoms. The number of ether oxygens (including phenoxy) is 1. The second-order valence-corrected chi connectivity index (χ2v) is 8.35. The van der Waals surface area contributed by atoms with Crippen LogP contribution in [0.5, 0.6) is 5.75 Å². The van der Waals surface area contributed by atoms with Crippen LogP contribution in [0.15, 0.2) is 15.7 Å². The fourth-order valence-electron chi connectivity index (χ4n) is 4.22. The predicted molar refractivity (Wildman–Crippen MR) is 104 cm³/mol. The maximum Gasteiger partial charge on any atom is 0.271 e. The molecule has 142 valence electrons. The van der Waals surface area contributed by atoms with Crippen LogP contribution in [0.1, 0.15) is 19.9 Å². The highest BCUT2D eigenvalue weighted by molar-refractivity contribution is 7.12. The monoisotopic (exact) mass is 390 g/mol. The molecule has 1 saturated heterocycles. The lowest BCUT2D eigenvalue weighted by molar-refractivity contribution is 0.250. The van der Waals surface area contributed by atoms with Gasteiger partial charge in [0, 0.05) is 19.1 Å². The fourth-order valence-corrected chi connectivity index (χ4v) is 5.17. The number of hydrogen-bond donors (Lipinski definition) is 2. The van der Waals surface area contributed by atoms with Crippen LogP contribution in [-0.4, -0.2) is 34.7 Å². The molecule has 0 spiro atoms. The first-order valence-electron chi connectivity index (χ1n) is 8.93. The lowest BCUT2D eigenvalue weighted by Crippen LogP contribution is -2.30. The summed E-state index contributed by atoms with van der Waals surface area (Å²) >= 11 is 1.13. The number of benzene rings is 1. The summed E-state index contributed by atoms with van der Waals surface area (Å²) in [7, 11) is 0. The van der Waals surface area contributed by atoms with Crippen LogP contribution in [0.4, 0.5) is 10.1 Å². The highest BCUT2D eigenvalue weighted by Crippen LogP contribution is 2.44. The van der Waals surface area contributed by atoms with Crippen molar-refractivity contribution in [1.82, 2.24) is 8.94 Å². The van der Waals surface area contributed by atoms with Crippen molar-refractivity contribution in [3.8, 4) is 5.75 Å². The molecule has 1 aromatic carbocycles. The number of nitrogens with one attached hydrogen (secondary N) is 1. The van der Waals surface area contributed by atoms with Gasteiger partial charge in [0.05, 0.1) is 16.9 Å². The van der Waals surface area contributed by atoms with Gasteiger partial charge in [-0.25, -0.2) is 4.39 Å². The van der Waals surface area contributed by atoms with Gasteiger partial charge >= 0.3 is 0 Å². The number of aromatic amines is 1. The number of halogens is 1. The Bertz CT molecular complexity index is 1200. The molecule has 2 aliphatic rings. The van der Waals surface area contributed by atoms with Crippen molar-refractivity contribution in [2.24, 2.45) is 11.7 Å². The predicted octanol–water partition coefficient (Wildman–Crippen LogP) is 1.78. The lowest BCUT2D eigenvalue weighted by atomic mass is 10.1. The van der Waals surface area contributed by atoms with Gasteiger partial charge < -0.3 is 19.9 Å². The van der Waals surface area contributed by atoms with Gasteiger partial charge in [-0.05, 0) is 30.4 Å². The summed E-state index contributed by atoms with van der Waals surface area (Å²) < 4.78 is 25.6. The quantitative estimate of drug-likeness (QED) is 0.661. The number of rotatable bonds is 1. The van der Waals surface area contributed by atoms with Crippen LogP contribution >= 0.6 is 11.5 Å². The maximum absolute atomic E-state index is 15.1.